The van der Waals surface area contributed by atoms with Crippen molar-refractivity contribution in [3.8, 4) is 0 Å². The molecule has 0 radical (unpaired) electrons. The average Bonchev–Trinajstić information content (AvgIpc) is 2.18. The molecule has 0 heterocycles. The van der Waals surface area contributed by atoms with Gasteiger partial charge in [0.25, 0.3) is 0 Å². The van der Waals surface area contributed by atoms with Gasteiger partial charge in [-0.05, 0) is 38.4 Å². The zero-order chi connectivity index (χ0) is 11.7. The van der Waals surface area contributed by atoms with Crippen LogP contribution in [0.2, 0.25) is 0 Å². The van der Waals surface area contributed by atoms with E-state index < -0.39 is 0 Å². The summed E-state index contributed by atoms with van der Waals surface area (Å²) in [4.78, 5) is 2.45. The molecule has 1 unspecified atom stereocenters. The molecule has 0 aliphatic heterocycles. The highest BCUT2D eigenvalue weighted by atomic mass is 15.1. The van der Waals surface area contributed by atoms with Crippen LogP contribution >= 0.6 is 0 Å². The Hall–Kier alpha value is -0.0800. The van der Waals surface area contributed by atoms with E-state index in [0.29, 0.717) is 6.04 Å². The summed E-state index contributed by atoms with van der Waals surface area (Å²) < 4.78 is 0. The maximum atomic E-state index is 6.09. The molecule has 0 spiro atoms. The lowest BCUT2D eigenvalue weighted by Crippen LogP contribution is -2.30. The summed E-state index contributed by atoms with van der Waals surface area (Å²) in [6, 6.07) is 0.407. The van der Waals surface area contributed by atoms with Gasteiger partial charge in [0.05, 0.1) is 0 Å². The van der Waals surface area contributed by atoms with Gasteiger partial charge in [-0.3, -0.25) is 0 Å². The van der Waals surface area contributed by atoms with E-state index in [1.165, 1.54) is 19.3 Å². The van der Waals surface area contributed by atoms with Crippen LogP contribution in [0.15, 0.2) is 0 Å². The van der Waals surface area contributed by atoms with Crippen molar-refractivity contribution < 1.29 is 0 Å². The van der Waals surface area contributed by atoms with Gasteiger partial charge in [-0.1, -0.05) is 40.5 Å². The lowest BCUT2D eigenvalue weighted by Gasteiger charge is -2.20. The molecule has 0 aliphatic carbocycles. The van der Waals surface area contributed by atoms with Crippen molar-refractivity contribution in [3.05, 3.63) is 0 Å². The SMILES string of the molecule is CCN(CC)CCC(N)CCCC(C)C. The summed E-state index contributed by atoms with van der Waals surface area (Å²) in [6.45, 7) is 12.4. The third kappa shape index (κ3) is 8.88. The van der Waals surface area contributed by atoms with E-state index in [2.05, 4.69) is 32.6 Å². The summed E-state index contributed by atoms with van der Waals surface area (Å²) in [5.74, 6) is 0.819. The summed E-state index contributed by atoms with van der Waals surface area (Å²) >= 11 is 0. The molecular weight excluding hydrogens is 184 g/mol. The van der Waals surface area contributed by atoms with E-state index in [-0.39, 0.29) is 0 Å². The Labute approximate surface area is 96.2 Å². The maximum Gasteiger partial charge on any atom is 0.00510 e. The summed E-state index contributed by atoms with van der Waals surface area (Å²) in [7, 11) is 0. The van der Waals surface area contributed by atoms with Crippen LogP contribution in [0.1, 0.15) is 53.4 Å². The molecule has 0 rings (SSSR count). The Kier molecular flexibility index (Phi) is 9.12. The molecule has 2 N–H and O–H groups in total. The molecule has 0 aromatic carbocycles. The highest BCUT2D eigenvalue weighted by molar-refractivity contribution is 4.65. The molecule has 0 fully saturated rings. The van der Waals surface area contributed by atoms with Crippen LogP contribution in [-0.4, -0.2) is 30.6 Å². The molecule has 0 aliphatic rings. The van der Waals surface area contributed by atoms with Crippen LogP contribution in [0.4, 0.5) is 0 Å². The van der Waals surface area contributed by atoms with Crippen LogP contribution < -0.4 is 5.73 Å². The van der Waals surface area contributed by atoms with Gasteiger partial charge in [-0.15, -0.1) is 0 Å². The van der Waals surface area contributed by atoms with Gasteiger partial charge in [-0.25, -0.2) is 0 Å². The first-order valence-corrected chi connectivity index (χ1v) is 6.58. The molecular formula is C13H30N2. The van der Waals surface area contributed by atoms with Crippen LogP contribution in [0.5, 0.6) is 0 Å². The van der Waals surface area contributed by atoms with Crippen molar-refractivity contribution in [2.45, 2.75) is 59.4 Å². The fourth-order valence-corrected chi connectivity index (χ4v) is 1.82. The van der Waals surface area contributed by atoms with Gasteiger partial charge in [-0.2, -0.15) is 0 Å². The Morgan fingerprint density at radius 2 is 1.60 bits per heavy atom. The van der Waals surface area contributed by atoms with E-state index in [4.69, 9.17) is 5.73 Å². The summed E-state index contributed by atoms with van der Waals surface area (Å²) in [6.07, 6.45) is 4.95. The number of rotatable bonds is 9. The minimum Gasteiger partial charge on any atom is -0.328 e. The topological polar surface area (TPSA) is 29.3 Å². The molecule has 0 saturated heterocycles. The van der Waals surface area contributed by atoms with Crippen LogP contribution in [-0.2, 0) is 0 Å². The Morgan fingerprint density at radius 1 is 1.00 bits per heavy atom. The number of hydrogen-bond donors (Lipinski definition) is 1. The lowest BCUT2D eigenvalue weighted by molar-refractivity contribution is 0.286. The second-order valence-electron chi connectivity index (χ2n) is 4.90. The third-order valence-electron chi connectivity index (χ3n) is 3.07. The molecule has 15 heavy (non-hydrogen) atoms. The predicted molar refractivity (Wildman–Crippen MR) is 69.1 cm³/mol. The molecule has 0 bridgehead atoms. The Morgan fingerprint density at radius 3 is 2.07 bits per heavy atom. The molecule has 2 nitrogen and oxygen atoms in total. The fourth-order valence-electron chi connectivity index (χ4n) is 1.82. The lowest BCUT2D eigenvalue weighted by atomic mass is 10.0. The molecule has 0 aromatic heterocycles. The van der Waals surface area contributed by atoms with Crippen molar-refractivity contribution >= 4 is 0 Å². The van der Waals surface area contributed by atoms with E-state index in [1.54, 1.807) is 0 Å². The third-order valence-corrected chi connectivity index (χ3v) is 3.07. The van der Waals surface area contributed by atoms with Gasteiger partial charge in [0.1, 0.15) is 0 Å². The highest BCUT2D eigenvalue weighted by Crippen LogP contribution is 2.09. The van der Waals surface area contributed by atoms with Gasteiger partial charge in [0, 0.05) is 6.04 Å². The predicted octanol–water partition coefficient (Wildman–Crippen LogP) is 2.87. The maximum absolute atomic E-state index is 6.09. The van der Waals surface area contributed by atoms with Gasteiger partial charge in [0.2, 0.25) is 0 Å². The number of nitrogens with zero attached hydrogens (tertiary/aromatic N) is 1. The summed E-state index contributed by atoms with van der Waals surface area (Å²) in [5.41, 5.74) is 6.09. The number of nitrogens with two attached hydrogens (primary N) is 1. The molecule has 0 saturated carbocycles. The standard InChI is InChI=1S/C13H30N2/c1-5-15(6-2)11-10-13(14)9-7-8-12(3)4/h12-13H,5-11,14H2,1-4H3. The molecule has 0 amide bonds. The average molecular weight is 214 g/mol. The highest BCUT2D eigenvalue weighted by Gasteiger charge is 2.05. The Balaban J connectivity index is 3.43. The number of hydrogen-bond acceptors (Lipinski definition) is 2. The van der Waals surface area contributed by atoms with E-state index in [1.807, 2.05) is 0 Å². The molecule has 2 heteroatoms. The van der Waals surface area contributed by atoms with E-state index in [0.717, 1.165) is 32.0 Å². The van der Waals surface area contributed by atoms with Crippen molar-refractivity contribution in [1.82, 2.24) is 4.90 Å². The van der Waals surface area contributed by atoms with Crippen LogP contribution in [0.25, 0.3) is 0 Å². The fraction of sp³-hybridized carbons (Fsp3) is 1.00. The normalized spacial score (nSPS) is 13.8. The van der Waals surface area contributed by atoms with Crippen molar-refractivity contribution in [3.63, 3.8) is 0 Å². The van der Waals surface area contributed by atoms with Crippen LogP contribution in [0, 0.1) is 5.92 Å². The monoisotopic (exact) mass is 214 g/mol. The first-order chi connectivity index (χ1) is 7.10. The molecule has 1 atom stereocenters. The zero-order valence-corrected chi connectivity index (χ0v) is 11.1. The molecule has 92 valence electrons. The first kappa shape index (κ1) is 14.9. The van der Waals surface area contributed by atoms with Crippen LogP contribution in [0.3, 0.4) is 0 Å². The second-order valence-corrected chi connectivity index (χ2v) is 4.90. The quantitative estimate of drug-likeness (QED) is 0.639. The largest absolute Gasteiger partial charge is 0.328 e. The second kappa shape index (κ2) is 9.17. The van der Waals surface area contributed by atoms with E-state index >= 15 is 0 Å². The minimum atomic E-state index is 0.407. The Bertz CT molecular complexity index is 130. The van der Waals surface area contributed by atoms with Gasteiger partial charge in [0.15, 0.2) is 0 Å². The first-order valence-electron chi connectivity index (χ1n) is 6.58. The zero-order valence-electron chi connectivity index (χ0n) is 11.1. The van der Waals surface area contributed by atoms with Crippen molar-refractivity contribution in [1.29, 1.82) is 0 Å². The molecule has 0 aromatic rings. The van der Waals surface area contributed by atoms with E-state index in [9.17, 15) is 0 Å². The minimum absolute atomic E-state index is 0.407. The van der Waals surface area contributed by atoms with Gasteiger partial charge < -0.3 is 10.6 Å². The smallest absolute Gasteiger partial charge is 0.00510 e. The summed E-state index contributed by atoms with van der Waals surface area (Å²) in [5, 5.41) is 0. The van der Waals surface area contributed by atoms with Gasteiger partial charge >= 0.3 is 0 Å². The van der Waals surface area contributed by atoms with Crippen molar-refractivity contribution in [2.24, 2.45) is 11.7 Å². The van der Waals surface area contributed by atoms with Crippen molar-refractivity contribution in [2.75, 3.05) is 19.6 Å².